The van der Waals surface area contributed by atoms with E-state index in [1.807, 2.05) is 79.1 Å². The molecular formula is C23H18F2N3Pt-3. The first kappa shape index (κ1) is 21.2. The van der Waals surface area contributed by atoms with Crippen LogP contribution < -0.4 is 4.90 Å². The van der Waals surface area contributed by atoms with Crippen LogP contribution in [0.15, 0.2) is 67.0 Å². The zero-order valence-electron chi connectivity index (χ0n) is 15.8. The van der Waals surface area contributed by atoms with E-state index in [2.05, 4.69) is 17.1 Å². The standard InChI is InChI=1S/C23H18F2N3.Pt/c1-23(2,28-14-13-27(16-28)18-7-4-3-5-8-18)22-10-6-9-21(26-22)19-12-11-17(24)15-20(19)25;/h3-7,9-11,13-16H,1-2H3;/q-3;. The van der Waals surface area contributed by atoms with E-state index < -0.39 is 17.2 Å². The van der Waals surface area contributed by atoms with Crippen LogP contribution >= 0.6 is 0 Å². The van der Waals surface area contributed by atoms with Crippen LogP contribution in [0.25, 0.3) is 11.3 Å². The van der Waals surface area contributed by atoms with Crippen molar-refractivity contribution < 1.29 is 29.8 Å². The second-order valence-corrected chi connectivity index (χ2v) is 6.98. The summed E-state index contributed by atoms with van der Waals surface area (Å²) in [5.41, 5.74) is 1.76. The van der Waals surface area contributed by atoms with Gasteiger partial charge in [0.2, 0.25) is 0 Å². The molecule has 1 aromatic heterocycles. The first-order valence-corrected chi connectivity index (χ1v) is 8.86. The molecule has 0 unspecified atom stereocenters. The molecule has 0 saturated carbocycles. The second kappa shape index (κ2) is 8.46. The van der Waals surface area contributed by atoms with Gasteiger partial charge in [-0.2, -0.15) is 37.0 Å². The summed E-state index contributed by atoms with van der Waals surface area (Å²) in [4.78, 5) is 8.64. The van der Waals surface area contributed by atoms with Crippen molar-refractivity contribution in [2.45, 2.75) is 19.4 Å². The van der Waals surface area contributed by atoms with Crippen molar-refractivity contribution in [3.63, 3.8) is 0 Å². The molecule has 2 aromatic carbocycles. The van der Waals surface area contributed by atoms with Crippen LogP contribution in [-0.2, 0) is 26.6 Å². The Morgan fingerprint density at radius 2 is 1.86 bits per heavy atom. The molecule has 1 aliphatic heterocycles. The Balaban J connectivity index is 0.00000240. The molecular weight excluding hydrogens is 551 g/mol. The summed E-state index contributed by atoms with van der Waals surface area (Å²) in [7, 11) is 0. The van der Waals surface area contributed by atoms with Gasteiger partial charge in [-0.15, -0.1) is 17.8 Å². The first-order valence-electron chi connectivity index (χ1n) is 8.86. The molecule has 4 rings (SSSR count). The monoisotopic (exact) mass is 569 g/mol. The second-order valence-electron chi connectivity index (χ2n) is 6.98. The Hall–Kier alpha value is -2.52. The van der Waals surface area contributed by atoms with Crippen LogP contribution in [0.4, 0.5) is 14.5 Å². The van der Waals surface area contributed by atoms with E-state index in [1.54, 1.807) is 6.07 Å². The number of aromatic nitrogens is 1. The number of anilines is 1. The van der Waals surface area contributed by atoms with Gasteiger partial charge in [-0.3, -0.25) is 13.8 Å². The summed E-state index contributed by atoms with van der Waals surface area (Å²) in [6.07, 6.45) is 3.91. The van der Waals surface area contributed by atoms with E-state index in [9.17, 15) is 8.78 Å². The minimum absolute atomic E-state index is 0. The molecule has 0 fully saturated rings. The third-order valence-electron chi connectivity index (χ3n) is 4.74. The van der Waals surface area contributed by atoms with Gasteiger partial charge < -0.3 is 9.80 Å². The zero-order chi connectivity index (χ0) is 19.7. The molecule has 0 radical (unpaired) electrons. The number of pyridine rings is 1. The molecule has 29 heavy (non-hydrogen) atoms. The van der Waals surface area contributed by atoms with E-state index in [0.717, 1.165) is 23.5 Å². The van der Waals surface area contributed by atoms with Crippen molar-refractivity contribution in [3.05, 3.63) is 103 Å². The van der Waals surface area contributed by atoms with Gasteiger partial charge >= 0.3 is 0 Å². The Morgan fingerprint density at radius 1 is 1.03 bits per heavy atom. The minimum Gasteiger partial charge on any atom is -0.500 e. The molecule has 3 aromatic rings. The Labute approximate surface area is 183 Å². The zero-order valence-corrected chi connectivity index (χ0v) is 18.1. The van der Waals surface area contributed by atoms with Crippen LogP contribution in [0.5, 0.6) is 0 Å². The van der Waals surface area contributed by atoms with E-state index >= 15 is 0 Å². The van der Waals surface area contributed by atoms with E-state index in [4.69, 9.17) is 0 Å². The summed E-state index contributed by atoms with van der Waals surface area (Å²) in [5.74, 6) is -1.34. The molecule has 0 spiro atoms. The number of halogens is 2. The third kappa shape index (κ3) is 4.25. The number of para-hydroxylation sites is 1. The third-order valence-corrected chi connectivity index (χ3v) is 4.74. The molecule has 0 amide bonds. The van der Waals surface area contributed by atoms with Crippen LogP contribution in [0.2, 0.25) is 0 Å². The van der Waals surface area contributed by atoms with E-state index in [-0.39, 0.29) is 26.6 Å². The van der Waals surface area contributed by atoms with Gasteiger partial charge in [0.15, 0.2) is 0 Å². The molecule has 0 aliphatic carbocycles. The number of hydrogen-bond acceptors (Lipinski definition) is 3. The molecule has 0 saturated heterocycles. The Morgan fingerprint density at radius 3 is 2.59 bits per heavy atom. The van der Waals surface area contributed by atoms with Gasteiger partial charge in [0.25, 0.3) is 0 Å². The summed E-state index contributed by atoms with van der Waals surface area (Å²) in [6, 6.07) is 20.9. The predicted octanol–water partition coefficient (Wildman–Crippen LogP) is 5.27. The Kier molecular flexibility index (Phi) is 6.18. The van der Waals surface area contributed by atoms with Crippen molar-refractivity contribution in [3.8, 4) is 11.3 Å². The van der Waals surface area contributed by atoms with E-state index in [0.29, 0.717) is 5.69 Å². The molecule has 6 heteroatoms. The molecule has 3 nitrogen and oxygen atoms in total. The van der Waals surface area contributed by atoms with Crippen molar-refractivity contribution >= 4 is 5.69 Å². The first-order chi connectivity index (χ1) is 13.4. The van der Waals surface area contributed by atoms with E-state index in [1.165, 1.54) is 0 Å². The summed E-state index contributed by atoms with van der Waals surface area (Å²) in [6.45, 7) is 6.02. The summed E-state index contributed by atoms with van der Waals surface area (Å²) in [5, 5.41) is 0. The molecule has 152 valence electrons. The van der Waals surface area contributed by atoms with Gasteiger partial charge in [-0.05, 0) is 38.0 Å². The van der Waals surface area contributed by atoms with Gasteiger partial charge in [0.05, 0.1) is 5.69 Å². The maximum atomic E-state index is 14.2. The van der Waals surface area contributed by atoms with Gasteiger partial charge in [-0.1, -0.05) is 23.8 Å². The topological polar surface area (TPSA) is 19.4 Å². The predicted molar refractivity (Wildman–Crippen MR) is 104 cm³/mol. The van der Waals surface area contributed by atoms with Gasteiger partial charge in [0, 0.05) is 38.2 Å². The smallest absolute Gasteiger partial charge is 0.0523 e. The summed E-state index contributed by atoms with van der Waals surface area (Å²) < 4.78 is 27.4. The molecule has 1 aliphatic rings. The fourth-order valence-electron chi connectivity index (χ4n) is 3.06. The van der Waals surface area contributed by atoms with Crippen molar-refractivity contribution in [2.24, 2.45) is 0 Å². The van der Waals surface area contributed by atoms with Crippen molar-refractivity contribution in [1.82, 2.24) is 9.88 Å². The largest absolute Gasteiger partial charge is 0.500 e. The van der Waals surface area contributed by atoms with Crippen LogP contribution in [0, 0.1) is 30.4 Å². The van der Waals surface area contributed by atoms with Crippen molar-refractivity contribution in [1.29, 1.82) is 0 Å². The number of benzene rings is 2. The van der Waals surface area contributed by atoms with Crippen molar-refractivity contribution in [2.75, 3.05) is 4.90 Å². The average molecular weight is 569 g/mol. The maximum absolute atomic E-state index is 14.2. The van der Waals surface area contributed by atoms with Crippen LogP contribution in [-0.4, -0.2) is 9.88 Å². The maximum Gasteiger partial charge on any atom is 0.0523 e. The number of rotatable bonds is 4. The SMILES string of the molecule is CC(C)(c1cccc(-c2[c-]cc(F)cc2F)n1)N1C=CN(c2[c-]cccc2)[CH-]1.[Pt]. The summed E-state index contributed by atoms with van der Waals surface area (Å²) >= 11 is 0. The van der Waals surface area contributed by atoms with Gasteiger partial charge in [-0.25, -0.2) is 0 Å². The molecule has 2 heterocycles. The van der Waals surface area contributed by atoms with Crippen LogP contribution in [0.1, 0.15) is 19.5 Å². The average Bonchev–Trinajstić information content (AvgIpc) is 3.20. The van der Waals surface area contributed by atoms with Gasteiger partial charge in [0.1, 0.15) is 0 Å². The fraction of sp³-hybridized carbons (Fsp3) is 0.130. The molecule has 0 N–H and O–H groups in total. The minimum atomic E-state index is -0.680. The Bertz CT molecular complexity index is 1020. The molecule has 0 bridgehead atoms. The number of hydrogen-bond donors (Lipinski definition) is 0. The molecule has 0 atom stereocenters. The number of nitrogens with zero attached hydrogens (tertiary/aromatic N) is 3. The normalized spacial score (nSPS) is 13.5. The quantitative estimate of drug-likeness (QED) is 0.399. The fourth-order valence-corrected chi connectivity index (χ4v) is 3.06. The van der Waals surface area contributed by atoms with Crippen LogP contribution in [0.3, 0.4) is 0 Å².